The zero-order chi connectivity index (χ0) is 41.9. The Hall–Kier alpha value is -5.11. The highest BCUT2D eigenvalue weighted by molar-refractivity contribution is 9.11. The van der Waals surface area contributed by atoms with E-state index >= 15 is 0 Å². The van der Waals surface area contributed by atoms with Crippen LogP contribution in [0.2, 0.25) is 0 Å². The van der Waals surface area contributed by atoms with E-state index in [9.17, 15) is 19.2 Å². The largest absolute Gasteiger partial charge is 0.445 e. The summed E-state index contributed by atoms with van der Waals surface area (Å²) in [7, 11) is 1.55. The highest BCUT2D eigenvalue weighted by Crippen LogP contribution is 2.36. The lowest BCUT2D eigenvalue weighted by Gasteiger charge is -2.27. The van der Waals surface area contributed by atoms with Gasteiger partial charge in [-0.15, -0.1) is 11.6 Å². The zero-order valence-electron chi connectivity index (χ0n) is 32.9. The van der Waals surface area contributed by atoms with Gasteiger partial charge < -0.3 is 34.1 Å². The van der Waals surface area contributed by atoms with Gasteiger partial charge in [0.05, 0.1) is 30.7 Å². The Morgan fingerprint density at radius 2 is 1.29 bits per heavy atom. The van der Waals surface area contributed by atoms with E-state index in [0.717, 1.165) is 54.2 Å². The van der Waals surface area contributed by atoms with Gasteiger partial charge >= 0.3 is 12.2 Å². The number of nitrogens with one attached hydrogen (secondary N) is 2. The molecule has 0 spiro atoms. The van der Waals surface area contributed by atoms with E-state index in [1.807, 2.05) is 91.9 Å². The van der Waals surface area contributed by atoms with Crippen LogP contribution in [0.4, 0.5) is 9.59 Å². The molecule has 6 aromatic rings. The number of ketones is 1. The molecule has 0 radical (unpaired) electrons. The van der Waals surface area contributed by atoms with E-state index in [-0.39, 0.29) is 36.4 Å². The van der Waals surface area contributed by atoms with Gasteiger partial charge in [-0.05, 0) is 55.1 Å². The second-order valence-corrected chi connectivity index (χ2v) is 16.0. The molecule has 2 N–H and O–H groups in total. The molecule has 2 aromatic heterocycles. The maximum atomic E-state index is 12.6. The molecule has 308 valence electrons. The molecule has 2 aliphatic rings. The number of halogens is 3. The quantitative estimate of drug-likeness (QED) is 0.147. The first-order valence-electron chi connectivity index (χ1n) is 19.4. The molecule has 2 aliphatic heterocycles. The van der Waals surface area contributed by atoms with Crippen molar-refractivity contribution in [2.75, 3.05) is 26.0 Å². The molecule has 0 fully saturated rings. The van der Waals surface area contributed by atoms with E-state index in [4.69, 9.17) is 21.1 Å². The molecular weight excluding hydrogens is 902 g/mol. The maximum Gasteiger partial charge on any atom is 0.410 e. The molecule has 0 saturated carbocycles. The minimum atomic E-state index is -0.306. The minimum absolute atomic E-state index is 0.0521. The predicted molar refractivity (Wildman–Crippen MR) is 237 cm³/mol. The Kier molecular flexibility index (Phi) is 15.3. The first kappa shape index (κ1) is 43.5. The number of para-hydroxylation sites is 2. The number of benzene rings is 4. The number of H-pyrrole nitrogens is 1. The van der Waals surface area contributed by atoms with Gasteiger partial charge in [-0.2, -0.15) is 0 Å². The number of amides is 3. The molecule has 14 heteroatoms. The van der Waals surface area contributed by atoms with Crippen molar-refractivity contribution in [3.05, 3.63) is 140 Å². The van der Waals surface area contributed by atoms with Gasteiger partial charge in [-0.3, -0.25) is 9.59 Å². The normalized spacial score (nSPS) is 13.0. The van der Waals surface area contributed by atoms with E-state index < -0.39 is 0 Å². The Balaban J connectivity index is 0.000000177. The average molecular weight is 948 g/mol. The van der Waals surface area contributed by atoms with Crippen LogP contribution in [0.1, 0.15) is 47.0 Å². The maximum absolute atomic E-state index is 12.6. The van der Waals surface area contributed by atoms with Crippen molar-refractivity contribution < 1.29 is 28.7 Å². The van der Waals surface area contributed by atoms with Crippen LogP contribution >= 0.6 is 43.5 Å². The summed E-state index contributed by atoms with van der Waals surface area (Å²) in [6.07, 6.45) is 1.47. The number of carbonyl (C=O) groups excluding carboxylic acids is 4. The van der Waals surface area contributed by atoms with Gasteiger partial charge in [-0.1, -0.05) is 91.9 Å². The number of Topliss-reactive ketones (excluding diaryl/α,β-unsaturated/α-hetero) is 1. The third kappa shape index (κ3) is 10.7. The summed E-state index contributed by atoms with van der Waals surface area (Å²) in [5, 5.41) is 4.59. The number of aromatic nitrogens is 2. The van der Waals surface area contributed by atoms with Crippen molar-refractivity contribution in [1.82, 2.24) is 24.7 Å². The monoisotopic (exact) mass is 945 g/mol. The Morgan fingerprint density at radius 3 is 1.85 bits per heavy atom. The molecule has 4 aromatic carbocycles. The van der Waals surface area contributed by atoms with Gasteiger partial charge in [0, 0.05) is 81.6 Å². The first-order valence-corrected chi connectivity index (χ1v) is 21.5. The van der Waals surface area contributed by atoms with Crippen LogP contribution in [0, 0.1) is 0 Å². The summed E-state index contributed by atoms with van der Waals surface area (Å²) < 4.78 is 15.1. The SMILES string of the molecule is CCC(=O)Cn1c2c(c3cccc(Br)c31)CN(C(=O)OCc1ccccc1)CC2.CNC(=O)CCl.O=C(OCc1ccccc1)N1CCc2[nH]c3c(Br)cccc3c2C1. The molecule has 8 rings (SSSR count). The van der Waals surface area contributed by atoms with Crippen molar-refractivity contribution in [1.29, 1.82) is 0 Å². The molecule has 0 bridgehead atoms. The number of fused-ring (bicyclic) bond motifs is 6. The van der Waals surface area contributed by atoms with Gasteiger partial charge in [0.25, 0.3) is 0 Å². The average Bonchev–Trinajstić information content (AvgIpc) is 3.81. The van der Waals surface area contributed by atoms with Crippen molar-refractivity contribution in [3.63, 3.8) is 0 Å². The fourth-order valence-electron chi connectivity index (χ4n) is 7.12. The number of carbonyl (C=O) groups is 4. The lowest BCUT2D eigenvalue weighted by Crippen LogP contribution is -2.36. The fourth-order valence-corrected chi connectivity index (χ4v) is 8.30. The zero-order valence-corrected chi connectivity index (χ0v) is 36.9. The highest BCUT2D eigenvalue weighted by atomic mass is 79.9. The number of rotatable bonds is 8. The van der Waals surface area contributed by atoms with Crippen molar-refractivity contribution >= 4 is 89.1 Å². The minimum Gasteiger partial charge on any atom is -0.445 e. The molecule has 0 saturated heterocycles. The number of hydrogen-bond acceptors (Lipinski definition) is 6. The Labute approximate surface area is 365 Å². The summed E-state index contributed by atoms with van der Waals surface area (Å²) in [4.78, 5) is 54.2. The number of hydrogen-bond donors (Lipinski definition) is 2. The van der Waals surface area contributed by atoms with Crippen LogP contribution < -0.4 is 5.32 Å². The van der Waals surface area contributed by atoms with Gasteiger partial charge in [0.2, 0.25) is 5.91 Å². The molecule has 0 aliphatic carbocycles. The van der Waals surface area contributed by atoms with Gasteiger partial charge in [0.15, 0.2) is 5.78 Å². The molecule has 4 heterocycles. The summed E-state index contributed by atoms with van der Waals surface area (Å²) in [5.41, 5.74) is 8.74. The number of ether oxygens (including phenoxy) is 2. The van der Waals surface area contributed by atoms with Crippen LogP contribution in [0.5, 0.6) is 0 Å². The molecular formula is C45H46Br2ClN5O6. The van der Waals surface area contributed by atoms with Gasteiger partial charge in [0.1, 0.15) is 19.1 Å². The number of aromatic amines is 1. The predicted octanol–water partition coefficient (Wildman–Crippen LogP) is 9.67. The van der Waals surface area contributed by atoms with Crippen molar-refractivity contribution in [3.8, 4) is 0 Å². The molecule has 0 atom stereocenters. The number of alkyl halides is 1. The second kappa shape index (κ2) is 20.7. The molecule has 11 nitrogen and oxygen atoms in total. The summed E-state index contributed by atoms with van der Waals surface area (Å²) in [6, 6.07) is 31.6. The van der Waals surface area contributed by atoms with Crippen molar-refractivity contribution in [2.24, 2.45) is 0 Å². The first-order chi connectivity index (χ1) is 28.6. The Bertz CT molecular complexity index is 2410. The second-order valence-electron chi connectivity index (χ2n) is 14.0. The van der Waals surface area contributed by atoms with Crippen LogP contribution in [0.3, 0.4) is 0 Å². The highest BCUT2D eigenvalue weighted by Gasteiger charge is 2.29. The molecule has 3 amide bonds. The van der Waals surface area contributed by atoms with Crippen LogP contribution in [-0.2, 0) is 64.8 Å². The third-order valence-corrected chi connectivity index (χ3v) is 11.8. The summed E-state index contributed by atoms with van der Waals surface area (Å²) in [5.74, 6) is 0.109. The molecule has 0 unspecified atom stereocenters. The van der Waals surface area contributed by atoms with Crippen LogP contribution in [-0.4, -0.2) is 69.2 Å². The third-order valence-electron chi connectivity index (χ3n) is 10.2. The summed E-state index contributed by atoms with van der Waals surface area (Å²) >= 11 is 12.3. The standard InChI is InChI=1S/C23H23BrN2O3.C19H17BrN2O2.C3H6ClNO/c1-2-17(27)13-26-21-11-12-25(23(28)29-15-16-7-4-3-5-8-16)14-19(21)18-9-6-10-20(24)22(18)26;20-16-8-4-7-14-15-11-22(10-9-17(15)21-18(14)16)19(23)24-12-13-5-2-1-3-6-13;1-5-3(6)2-4/h3-10H,2,11-15H2,1H3;1-8,21H,9-12H2;2H2,1H3,(H,5,6). The van der Waals surface area contributed by atoms with Crippen LogP contribution in [0.15, 0.2) is 106 Å². The Morgan fingerprint density at radius 1 is 0.729 bits per heavy atom. The van der Waals surface area contributed by atoms with Crippen LogP contribution in [0.25, 0.3) is 21.8 Å². The topological polar surface area (TPSA) is 126 Å². The molecule has 59 heavy (non-hydrogen) atoms. The van der Waals surface area contributed by atoms with E-state index in [0.29, 0.717) is 52.2 Å². The van der Waals surface area contributed by atoms with E-state index in [2.05, 4.69) is 58.9 Å². The van der Waals surface area contributed by atoms with E-state index in [1.54, 1.807) is 16.8 Å². The lowest BCUT2D eigenvalue weighted by molar-refractivity contribution is -0.119. The van der Waals surface area contributed by atoms with E-state index in [1.165, 1.54) is 16.6 Å². The fraction of sp³-hybridized carbons (Fsp3) is 0.289. The lowest BCUT2D eigenvalue weighted by atomic mass is 10.0. The number of nitrogens with zero attached hydrogens (tertiary/aromatic N) is 3. The van der Waals surface area contributed by atoms with Crippen molar-refractivity contribution in [2.45, 2.75) is 59.0 Å². The van der Waals surface area contributed by atoms with Gasteiger partial charge in [-0.25, -0.2) is 9.59 Å². The summed E-state index contributed by atoms with van der Waals surface area (Å²) in [6.45, 7) is 5.15. The smallest absolute Gasteiger partial charge is 0.410 e.